The maximum atomic E-state index is 10.9. The maximum Gasteiger partial charge on any atom is 0.310 e. The molecule has 1 aromatic carbocycles. The van der Waals surface area contributed by atoms with E-state index in [2.05, 4.69) is 10.3 Å². The summed E-state index contributed by atoms with van der Waals surface area (Å²) in [4.78, 5) is 14.2. The summed E-state index contributed by atoms with van der Waals surface area (Å²) < 4.78 is 10.3. The summed E-state index contributed by atoms with van der Waals surface area (Å²) >= 11 is 0. The monoisotopic (exact) mass is 319 g/mol. The number of nitrogens with one attached hydrogen (secondary N) is 1. The normalized spacial score (nSPS) is 9.52. The highest BCUT2D eigenvalue weighted by molar-refractivity contribution is 5.68. The highest BCUT2D eigenvalue weighted by atomic mass is 16.6. The second-order valence-corrected chi connectivity index (χ2v) is 4.14. The highest BCUT2D eigenvalue weighted by Crippen LogP contribution is 2.26. The average molecular weight is 319 g/mol. The van der Waals surface area contributed by atoms with Gasteiger partial charge in [0.1, 0.15) is 24.2 Å². The molecule has 0 spiro atoms. The molecular formula is C16H21N3O4. The molecule has 2 rings (SSSR count). The maximum absolute atomic E-state index is 10.9. The van der Waals surface area contributed by atoms with Crippen LogP contribution >= 0.6 is 0 Å². The van der Waals surface area contributed by atoms with Gasteiger partial charge in [0.15, 0.2) is 0 Å². The smallest absolute Gasteiger partial charge is 0.310 e. The van der Waals surface area contributed by atoms with E-state index in [9.17, 15) is 10.1 Å². The molecule has 23 heavy (non-hydrogen) atoms. The van der Waals surface area contributed by atoms with Crippen molar-refractivity contribution in [2.24, 2.45) is 0 Å². The molecule has 0 unspecified atom stereocenters. The summed E-state index contributed by atoms with van der Waals surface area (Å²) in [5.74, 6) is 0.710. The van der Waals surface area contributed by atoms with Gasteiger partial charge >= 0.3 is 5.69 Å². The van der Waals surface area contributed by atoms with E-state index in [0.717, 1.165) is 5.69 Å². The Morgan fingerprint density at radius 2 is 1.87 bits per heavy atom. The van der Waals surface area contributed by atoms with Crippen LogP contribution < -0.4 is 10.1 Å². The Balaban J connectivity index is 0.00000127. The predicted molar refractivity (Wildman–Crippen MR) is 89.3 cm³/mol. The van der Waals surface area contributed by atoms with Crippen molar-refractivity contribution in [1.82, 2.24) is 4.98 Å². The fourth-order valence-corrected chi connectivity index (χ4v) is 1.67. The Morgan fingerprint density at radius 1 is 1.17 bits per heavy atom. The Labute approximate surface area is 135 Å². The fraction of sp³-hybridized carbons (Fsp3) is 0.312. The third-order valence-corrected chi connectivity index (χ3v) is 2.69. The van der Waals surface area contributed by atoms with Gasteiger partial charge in [0.25, 0.3) is 0 Å². The van der Waals surface area contributed by atoms with Gasteiger partial charge in [-0.3, -0.25) is 15.1 Å². The second kappa shape index (κ2) is 10.1. The van der Waals surface area contributed by atoms with Gasteiger partial charge in [-0.25, -0.2) is 0 Å². The lowest BCUT2D eigenvalue weighted by molar-refractivity contribution is -0.384. The number of hydrogen-bond donors (Lipinski definition) is 1. The number of pyridine rings is 1. The van der Waals surface area contributed by atoms with E-state index >= 15 is 0 Å². The van der Waals surface area contributed by atoms with Crippen molar-refractivity contribution in [1.29, 1.82) is 0 Å². The lowest BCUT2D eigenvalue weighted by Crippen LogP contribution is -2.04. The molecule has 0 saturated carbocycles. The molecule has 0 bridgehead atoms. The van der Waals surface area contributed by atoms with Crippen molar-refractivity contribution >= 4 is 17.1 Å². The number of benzene rings is 1. The van der Waals surface area contributed by atoms with Gasteiger partial charge in [-0.1, -0.05) is 13.8 Å². The summed E-state index contributed by atoms with van der Waals surface area (Å²) in [6.45, 7) is 4.99. The topological polar surface area (TPSA) is 86.5 Å². The molecule has 1 N–H and O–H groups in total. The van der Waals surface area contributed by atoms with Gasteiger partial charge in [-0.2, -0.15) is 0 Å². The molecule has 124 valence electrons. The van der Waals surface area contributed by atoms with Crippen LogP contribution in [-0.2, 0) is 4.74 Å². The Hall–Kier alpha value is -2.67. The lowest BCUT2D eigenvalue weighted by atomic mass is 10.2. The van der Waals surface area contributed by atoms with E-state index in [0.29, 0.717) is 24.7 Å². The third kappa shape index (κ3) is 5.91. The number of ether oxygens (including phenoxy) is 2. The van der Waals surface area contributed by atoms with E-state index in [1.165, 1.54) is 12.4 Å². The van der Waals surface area contributed by atoms with Crippen LogP contribution in [0.3, 0.4) is 0 Å². The molecule has 0 fully saturated rings. The van der Waals surface area contributed by atoms with E-state index in [4.69, 9.17) is 9.47 Å². The number of nitrogens with zero attached hydrogens (tertiary/aromatic N) is 2. The SMILES string of the molecule is CC.COCCOc1ccc(Nc2ccncc2[N+](=O)[O-])cc1. The number of aromatic nitrogens is 1. The molecule has 0 radical (unpaired) electrons. The number of hydrogen-bond acceptors (Lipinski definition) is 6. The first-order valence-electron chi connectivity index (χ1n) is 7.28. The zero-order chi connectivity index (χ0) is 17.1. The van der Waals surface area contributed by atoms with Crippen LogP contribution in [0.25, 0.3) is 0 Å². The van der Waals surface area contributed by atoms with Crippen molar-refractivity contribution in [2.45, 2.75) is 13.8 Å². The quantitative estimate of drug-likeness (QED) is 0.475. The zero-order valence-electron chi connectivity index (χ0n) is 13.5. The number of anilines is 2. The van der Waals surface area contributed by atoms with Crippen LogP contribution in [0.1, 0.15) is 13.8 Å². The Morgan fingerprint density at radius 3 is 2.48 bits per heavy atom. The minimum Gasteiger partial charge on any atom is -0.491 e. The predicted octanol–water partition coefficient (Wildman–Crippen LogP) is 3.78. The molecule has 0 aliphatic carbocycles. The molecule has 7 heteroatoms. The van der Waals surface area contributed by atoms with Crippen LogP contribution in [0.4, 0.5) is 17.1 Å². The summed E-state index contributed by atoms with van der Waals surface area (Å²) in [7, 11) is 1.61. The first-order valence-corrected chi connectivity index (χ1v) is 7.28. The van der Waals surface area contributed by atoms with Gasteiger partial charge in [0.2, 0.25) is 0 Å². The Bertz CT molecular complexity index is 603. The summed E-state index contributed by atoms with van der Waals surface area (Å²) in [6.07, 6.45) is 2.71. The molecule has 0 aliphatic heterocycles. The molecule has 1 aromatic heterocycles. The zero-order valence-corrected chi connectivity index (χ0v) is 13.5. The first kappa shape index (κ1) is 18.4. The minimum atomic E-state index is -0.475. The molecule has 2 aromatic rings. The Kier molecular flexibility index (Phi) is 8.09. The first-order chi connectivity index (χ1) is 11.2. The van der Waals surface area contributed by atoms with Gasteiger partial charge in [0.05, 0.1) is 11.5 Å². The van der Waals surface area contributed by atoms with Crippen LogP contribution in [0.15, 0.2) is 42.7 Å². The number of nitro groups is 1. The fourth-order valence-electron chi connectivity index (χ4n) is 1.67. The van der Waals surface area contributed by atoms with E-state index in [1.54, 1.807) is 37.4 Å². The van der Waals surface area contributed by atoms with Crippen molar-refractivity contribution < 1.29 is 14.4 Å². The molecule has 1 heterocycles. The molecule has 7 nitrogen and oxygen atoms in total. The van der Waals surface area contributed by atoms with Crippen LogP contribution in [0.5, 0.6) is 5.75 Å². The van der Waals surface area contributed by atoms with Crippen LogP contribution in [0.2, 0.25) is 0 Å². The number of methoxy groups -OCH3 is 1. The van der Waals surface area contributed by atoms with Crippen molar-refractivity contribution in [3.63, 3.8) is 0 Å². The average Bonchev–Trinajstić information content (AvgIpc) is 2.59. The van der Waals surface area contributed by atoms with Crippen molar-refractivity contribution in [2.75, 3.05) is 25.6 Å². The van der Waals surface area contributed by atoms with Gasteiger partial charge in [0, 0.05) is 19.0 Å². The van der Waals surface area contributed by atoms with Crippen molar-refractivity contribution in [3.8, 4) is 5.75 Å². The summed E-state index contributed by atoms with van der Waals surface area (Å²) in [5.41, 5.74) is 1.05. The van der Waals surface area contributed by atoms with Gasteiger partial charge < -0.3 is 14.8 Å². The van der Waals surface area contributed by atoms with Crippen LogP contribution in [-0.4, -0.2) is 30.2 Å². The molecule has 0 atom stereocenters. The minimum absolute atomic E-state index is 0.0714. The van der Waals surface area contributed by atoms with Gasteiger partial charge in [-0.15, -0.1) is 0 Å². The van der Waals surface area contributed by atoms with Crippen LogP contribution in [0, 0.1) is 10.1 Å². The summed E-state index contributed by atoms with van der Waals surface area (Å²) in [5, 5.41) is 13.9. The molecule has 0 saturated heterocycles. The molecule has 0 aliphatic rings. The van der Waals surface area contributed by atoms with Gasteiger partial charge in [-0.05, 0) is 30.3 Å². The molecule has 0 amide bonds. The lowest BCUT2D eigenvalue weighted by Gasteiger charge is -2.09. The highest BCUT2D eigenvalue weighted by Gasteiger charge is 2.13. The van der Waals surface area contributed by atoms with Crippen molar-refractivity contribution in [3.05, 3.63) is 52.8 Å². The molecular weight excluding hydrogens is 298 g/mol. The number of rotatable bonds is 7. The largest absolute Gasteiger partial charge is 0.491 e. The third-order valence-electron chi connectivity index (χ3n) is 2.69. The second-order valence-electron chi connectivity index (χ2n) is 4.14. The summed E-state index contributed by atoms with van der Waals surface area (Å²) in [6, 6.07) is 8.69. The van der Waals surface area contributed by atoms with E-state index in [1.807, 2.05) is 13.8 Å². The van der Waals surface area contributed by atoms with E-state index in [-0.39, 0.29) is 5.69 Å². The standard InChI is InChI=1S/C14H15N3O4.C2H6/c1-20-8-9-21-12-4-2-11(3-5-12)16-13-6-7-15-10-14(13)17(18)19;1-2/h2-7,10H,8-9H2,1H3,(H,15,16);1-2H3. The van der Waals surface area contributed by atoms with E-state index < -0.39 is 4.92 Å².